The molecule has 10 nitrogen and oxygen atoms in total. The van der Waals surface area contributed by atoms with Crippen LogP contribution in [0.2, 0.25) is 0 Å². The van der Waals surface area contributed by atoms with Crippen LogP contribution in [-0.2, 0) is 16.1 Å². The number of likely N-dealkylation sites (tertiary alicyclic amines) is 2. The molecule has 4 aromatic rings. The van der Waals surface area contributed by atoms with Gasteiger partial charge < -0.3 is 19.1 Å². The van der Waals surface area contributed by atoms with Crippen molar-refractivity contribution in [1.82, 2.24) is 30.1 Å². The fourth-order valence-electron chi connectivity index (χ4n) is 6.09. The lowest BCUT2D eigenvalue weighted by atomic mass is 10.1. The average Bonchev–Trinajstić information content (AvgIpc) is 3.45. The lowest BCUT2D eigenvalue weighted by molar-refractivity contribution is -0.129. The summed E-state index contributed by atoms with van der Waals surface area (Å²) in [6, 6.07) is 14.1. The van der Waals surface area contributed by atoms with Gasteiger partial charge in [0.25, 0.3) is 5.89 Å². The van der Waals surface area contributed by atoms with Crippen LogP contribution < -0.4 is 4.74 Å². The fourth-order valence-corrected chi connectivity index (χ4v) is 6.09. The van der Waals surface area contributed by atoms with E-state index >= 15 is 4.39 Å². The molecular weight excluding hydrogens is 575 g/mol. The second-order valence-corrected chi connectivity index (χ2v) is 12.8. The minimum absolute atomic E-state index is 0.0883. The molecule has 0 radical (unpaired) electrons. The van der Waals surface area contributed by atoms with E-state index in [1.807, 2.05) is 41.8 Å². The molecule has 0 N–H and O–H groups in total. The zero-order chi connectivity index (χ0) is 31.2. The maximum atomic E-state index is 15.4. The predicted molar refractivity (Wildman–Crippen MR) is 163 cm³/mol. The lowest BCUT2D eigenvalue weighted by Crippen LogP contribution is -2.27. The van der Waals surface area contributed by atoms with Crippen molar-refractivity contribution >= 4 is 11.8 Å². The van der Waals surface area contributed by atoms with Gasteiger partial charge in [-0.1, -0.05) is 32.0 Å². The minimum atomic E-state index is -0.492. The quantitative estimate of drug-likeness (QED) is 0.224. The summed E-state index contributed by atoms with van der Waals surface area (Å²) in [5.74, 6) is 1.66. The molecule has 2 saturated heterocycles. The third kappa shape index (κ3) is 6.03. The Balaban J connectivity index is 1.16. The number of amides is 2. The third-order valence-corrected chi connectivity index (χ3v) is 8.76. The van der Waals surface area contributed by atoms with Crippen LogP contribution in [0.25, 0.3) is 22.7 Å². The summed E-state index contributed by atoms with van der Waals surface area (Å²) in [5, 5.41) is 12.6. The van der Waals surface area contributed by atoms with Crippen molar-refractivity contribution in [3.63, 3.8) is 0 Å². The summed E-state index contributed by atoms with van der Waals surface area (Å²) in [5.41, 5.74) is 2.98. The number of halogens is 1. The zero-order valence-corrected chi connectivity index (χ0v) is 25.6. The maximum absolute atomic E-state index is 15.4. The number of hydrogen-bond acceptors (Lipinski definition) is 8. The van der Waals surface area contributed by atoms with Gasteiger partial charge in [0.2, 0.25) is 11.8 Å². The summed E-state index contributed by atoms with van der Waals surface area (Å²) >= 11 is 0. The Morgan fingerprint density at radius 1 is 1.00 bits per heavy atom. The first-order valence-corrected chi connectivity index (χ1v) is 15.6. The predicted octanol–water partition coefficient (Wildman–Crippen LogP) is 6.10. The number of benzene rings is 2. The van der Waals surface area contributed by atoms with Gasteiger partial charge in [-0.05, 0) is 61.1 Å². The van der Waals surface area contributed by atoms with Crippen molar-refractivity contribution in [1.29, 1.82) is 0 Å². The van der Waals surface area contributed by atoms with Crippen LogP contribution in [0.4, 0.5) is 4.39 Å². The number of hydrogen-bond donors (Lipinski definition) is 0. The van der Waals surface area contributed by atoms with Gasteiger partial charge in [0.1, 0.15) is 17.3 Å². The normalized spacial score (nSPS) is 20.1. The molecule has 11 heteroatoms. The van der Waals surface area contributed by atoms with Crippen molar-refractivity contribution < 1.29 is 23.2 Å². The second-order valence-electron chi connectivity index (χ2n) is 12.8. The Morgan fingerprint density at radius 3 is 2.53 bits per heavy atom. The van der Waals surface area contributed by atoms with E-state index in [0.717, 1.165) is 24.1 Å². The number of nitrogens with zero attached hydrogens (tertiary/aromatic N) is 6. The molecule has 7 rings (SSSR count). The van der Waals surface area contributed by atoms with Gasteiger partial charge in [-0.2, -0.15) is 15.2 Å². The SMILES string of the molecule is CC1CC(=O)N(Cc2ccc(-c3nc(C4CC(=O)N(C5CC5)C4)no3)cc2Oc2ccc(-c3ccc(C(C)C)nn3)c(F)c2)C1. The third-order valence-electron chi connectivity index (χ3n) is 8.76. The Labute approximate surface area is 260 Å². The molecule has 1 saturated carbocycles. The highest BCUT2D eigenvalue weighted by atomic mass is 19.1. The van der Waals surface area contributed by atoms with E-state index in [0.29, 0.717) is 78.6 Å². The van der Waals surface area contributed by atoms with Gasteiger partial charge in [0, 0.05) is 67.2 Å². The molecule has 2 aromatic carbocycles. The molecule has 2 aliphatic heterocycles. The van der Waals surface area contributed by atoms with E-state index in [2.05, 4.69) is 27.3 Å². The molecule has 4 heterocycles. The van der Waals surface area contributed by atoms with Crippen LogP contribution in [0.15, 0.2) is 53.1 Å². The number of carbonyl (C=O) groups is 2. The van der Waals surface area contributed by atoms with E-state index < -0.39 is 5.82 Å². The number of ether oxygens (including phenoxy) is 1. The summed E-state index contributed by atoms with van der Waals surface area (Å²) in [6.07, 6.45) is 2.99. The maximum Gasteiger partial charge on any atom is 0.258 e. The van der Waals surface area contributed by atoms with Crippen LogP contribution in [0.3, 0.4) is 0 Å². The molecule has 3 fully saturated rings. The Kier molecular flexibility index (Phi) is 7.55. The highest BCUT2D eigenvalue weighted by Gasteiger charge is 2.41. The molecule has 232 valence electrons. The zero-order valence-electron chi connectivity index (χ0n) is 25.6. The number of rotatable bonds is 9. The van der Waals surface area contributed by atoms with Crippen molar-refractivity contribution in [3.8, 4) is 34.2 Å². The van der Waals surface area contributed by atoms with Crippen LogP contribution >= 0.6 is 0 Å². The highest BCUT2D eigenvalue weighted by Crippen LogP contribution is 2.38. The monoisotopic (exact) mass is 610 g/mol. The van der Waals surface area contributed by atoms with Crippen LogP contribution in [0.1, 0.15) is 75.4 Å². The molecule has 1 aliphatic carbocycles. The first-order chi connectivity index (χ1) is 21.7. The van der Waals surface area contributed by atoms with Gasteiger partial charge in [-0.15, -0.1) is 0 Å². The molecule has 0 bridgehead atoms. The van der Waals surface area contributed by atoms with E-state index in [-0.39, 0.29) is 29.6 Å². The van der Waals surface area contributed by atoms with Gasteiger partial charge in [0.15, 0.2) is 5.82 Å². The van der Waals surface area contributed by atoms with E-state index in [4.69, 9.17) is 9.26 Å². The Bertz CT molecular complexity index is 1750. The number of carbonyl (C=O) groups excluding carboxylic acids is 2. The molecule has 45 heavy (non-hydrogen) atoms. The Hall–Kier alpha value is -4.67. The van der Waals surface area contributed by atoms with Crippen LogP contribution in [-0.4, -0.2) is 61.1 Å². The van der Waals surface area contributed by atoms with E-state index in [1.54, 1.807) is 24.3 Å². The van der Waals surface area contributed by atoms with Crippen molar-refractivity contribution in [2.45, 2.75) is 70.9 Å². The van der Waals surface area contributed by atoms with Gasteiger partial charge in [0.05, 0.1) is 11.4 Å². The molecule has 2 atom stereocenters. The molecule has 2 aromatic heterocycles. The lowest BCUT2D eigenvalue weighted by Gasteiger charge is -2.19. The van der Waals surface area contributed by atoms with Crippen molar-refractivity contribution in [2.24, 2.45) is 5.92 Å². The van der Waals surface area contributed by atoms with E-state index in [1.165, 1.54) is 6.07 Å². The molecular formula is C34H35FN6O4. The molecule has 2 amide bonds. The largest absolute Gasteiger partial charge is 0.457 e. The first-order valence-electron chi connectivity index (χ1n) is 15.6. The summed E-state index contributed by atoms with van der Waals surface area (Å²) in [6.45, 7) is 7.72. The van der Waals surface area contributed by atoms with Gasteiger partial charge >= 0.3 is 0 Å². The van der Waals surface area contributed by atoms with Crippen molar-refractivity contribution in [3.05, 3.63) is 71.4 Å². The first kappa shape index (κ1) is 29.1. The van der Waals surface area contributed by atoms with Gasteiger partial charge in [-0.3, -0.25) is 9.59 Å². The highest BCUT2D eigenvalue weighted by molar-refractivity contribution is 5.80. The Morgan fingerprint density at radius 2 is 1.84 bits per heavy atom. The van der Waals surface area contributed by atoms with Crippen LogP contribution in [0, 0.1) is 11.7 Å². The van der Waals surface area contributed by atoms with Gasteiger partial charge in [-0.25, -0.2) is 4.39 Å². The minimum Gasteiger partial charge on any atom is -0.457 e. The molecule has 2 unspecified atom stereocenters. The summed E-state index contributed by atoms with van der Waals surface area (Å²) < 4.78 is 27.3. The van der Waals surface area contributed by atoms with Crippen LogP contribution in [0.5, 0.6) is 11.5 Å². The van der Waals surface area contributed by atoms with Crippen molar-refractivity contribution in [2.75, 3.05) is 13.1 Å². The average molecular weight is 611 g/mol. The van der Waals surface area contributed by atoms with E-state index in [9.17, 15) is 9.59 Å². The standard InChI is InChI=1S/C34H35FN6O4/c1-19(2)28-10-11-29(38-37-28)26-9-8-25(15-27(26)35)44-30-13-21(4-5-22(30)17-40-16-20(3)12-31(40)42)34-36-33(39-45-34)23-14-32(43)41(18-23)24-6-7-24/h4-5,8-11,13,15,19-20,23-24H,6-7,12,14,16-18H2,1-3H3. The summed E-state index contributed by atoms with van der Waals surface area (Å²) in [7, 11) is 0. The summed E-state index contributed by atoms with van der Waals surface area (Å²) in [4.78, 5) is 33.5. The molecule has 0 spiro atoms. The number of aromatic nitrogens is 4. The second kappa shape index (κ2) is 11.7. The molecule has 3 aliphatic rings. The smallest absolute Gasteiger partial charge is 0.258 e. The fraction of sp³-hybridized carbons (Fsp3) is 0.412. The topological polar surface area (TPSA) is 115 Å².